The van der Waals surface area contributed by atoms with Gasteiger partial charge in [0.2, 0.25) is 5.91 Å². The zero-order chi connectivity index (χ0) is 16.2. The predicted molar refractivity (Wildman–Crippen MR) is 81.1 cm³/mol. The first kappa shape index (κ1) is 15.0. The van der Waals surface area contributed by atoms with Crippen LogP contribution in [0.1, 0.15) is 28.1 Å². The van der Waals surface area contributed by atoms with Crippen LogP contribution in [0.4, 0.5) is 5.69 Å². The standard InChI is InChI=1S/C17H15NO5/c19-15(10-23-17(21)6-4-13-2-1-7-22-13)11-3-5-14-12(8-11)9-16(20)18-14/h1-3,5,7-8H,4,6,9-10H2,(H,18,20). The lowest BCUT2D eigenvalue weighted by Gasteiger charge is -2.05. The number of hydrogen-bond acceptors (Lipinski definition) is 5. The molecule has 0 saturated carbocycles. The molecule has 1 N–H and O–H groups in total. The number of ketones is 1. The quantitative estimate of drug-likeness (QED) is 0.652. The molecule has 6 heteroatoms. The molecule has 0 aliphatic carbocycles. The van der Waals surface area contributed by atoms with Crippen LogP contribution in [0.5, 0.6) is 0 Å². The Balaban J connectivity index is 1.50. The number of furan rings is 1. The Hall–Kier alpha value is -2.89. The van der Waals surface area contributed by atoms with E-state index in [0.29, 0.717) is 17.7 Å². The van der Waals surface area contributed by atoms with Crippen molar-refractivity contribution in [1.29, 1.82) is 0 Å². The molecule has 3 rings (SSSR count). The van der Waals surface area contributed by atoms with E-state index < -0.39 is 5.97 Å². The van der Waals surface area contributed by atoms with Gasteiger partial charge in [-0.2, -0.15) is 0 Å². The van der Waals surface area contributed by atoms with Crippen molar-refractivity contribution in [3.8, 4) is 0 Å². The van der Waals surface area contributed by atoms with Gasteiger partial charge in [0.15, 0.2) is 12.4 Å². The van der Waals surface area contributed by atoms with Crippen LogP contribution in [0.15, 0.2) is 41.0 Å². The van der Waals surface area contributed by atoms with Gasteiger partial charge in [-0.3, -0.25) is 14.4 Å². The molecular weight excluding hydrogens is 298 g/mol. The topological polar surface area (TPSA) is 85.6 Å². The second kappa shape index (κ2) is 6.48. The highest BCUT2D eigenvalue weighted by atomic mass is 16.5. The molecular formula is C17H15NO5. The summed E-state index contributed by atoms with van der Waals surface area (Å²) in [6.45, 7) is -0.308. The Bertz CT molecular complexity index is 748. The highest BCUT2D eigenvalue weighted by Gasteiger charge is 2.19. The van der Waals surface area contributed by atoms with Crippen molar-refractivity contribution >= 4 is 23.3 Å². The summed E-state index contributed by atoms with van der Waals surface area (Å²) in [6, 6.07) is 8.48. The molecule has 0 spiro atoms. The third kappa shape index (κ3) is 3.66. The molecule has 1 amide bonds. The molecule has 2 heterocycles. The van der Waals surface area contributed by atoms with Crippen LogP contribution in [0, 0.1) is 0 Å². The SMILES string of the molecule is O=C1Cc2cc(C(=O)COC(=O)CCc3ccco3)ccc2N1. The van der Waals surface area contributed by atoms with Crippen LogP contribution < -0.4 is 5.32 Å². The Labute approximate surface area is 132 Å². The van der Waals surface area contributed by atoms with Crippen molar-refractivity contribution in [2.45, 2.75) is 19.3 Å². The Morgan fingerprint density at radius 1 is 1.26 bits per heavy atom. The summed E-state index contributed by atoms with van der Waals surface area (Å²) >= 11 is 0. The molecule has 0 bridgehead atoms. The molecule has 23 heavy (non-hydrogen) atoms. The van der Waals surface area contributed by atoms with Gasteiger partial charge < -0.3 is 14.5 Å². The van der Waals surface area contributed by atoms with Gasteiger partial charge in [0, 0.05) is 17.7 Å². The predicted octanol–water partition coefficient (Wildman–Crippen LogP) is 2.13. The summed E-state index contributed by atoms with van der Waals surface area (Å²) in [7, 11) is 0. The summed E-state index contributed by atoms with van der Waals surface area (Å²) in [5.74, 6) is -0.135. The molecule has 6 nitrogen and oxygen atoms in total. The number of rotatable bonds is 6. The van der Waals surface area contributed by atoms with E-state index in [2.05, 4.69) is 5.32 Å². The van der Waals surface area contributed by atoms with E-state index in [4.69, 9.17) is 9.15 Å². The highest BCUT2D eigenvalue weighted by molar-refractivity contribution is 6.02. The number of hydrogen-bond donors (Lipinski definition) is 1. The third-order valence-corrected chi connectivity index (χ3v) is 3.57. The van der Waals surface area contributed by atoms with E-state index in [1.165, 1.54) is 6.26 Å². The van der Waals surface area contributed by atoms with Crippen molar-refractivity contribution in [2.75, 3.05) is 11.9 Å². The van der Waals surface area contributed by atoms with Crippen LogP contribution in [-0.2, 0) is 27.2 Å². The van der Waals surface area contributed by atoms with Gasteiger partial charge in [0.25, 0.3) is 0 Å². The molecule has 0 radical (unpaired) electrons. The monoisotopic (exact) mass is 313 g/mol. The number of amides is 1. The first-order chi connectivity index (χ1) is 11.1. The fourth-order valence-corrected chi connectivity index (χ4v) is 2.38. The summed E-state index contributed by atoms with van der Waals surface area (Å²) in [6.07, 6.45) is 2.40. The first-order valence-electron chi connectivity index (χ1n) is 7.26. The fourth-order valence-electron chi connectivity index (χ4n) is 2.38. The maximum absolute atomic E-state index is 12.1. The highest BCUT2D eigenvalue weighted by Crippen LogP contribution is 2.24. The van der Waals surface area contributed by atoms with Crippen molar-refractivity contribution < 1.29 is 23.5 Å². The number of anilines is 1. The van der Waals surface area contributed by atoms with Crippen LogP contribution in [0.2, 0.25) is 0 Å². The van der Waals surface area contributed by atoms with E-state index >= 15 is 0 Å². The summed E-state index contributed by atoms with van der Waals surface area (Å²) < 4.78 is 10.1. The minimum atomic E-state index is -0.451. The molecule has 0 fully saturated rings. The normalized spacial score (nSPS) is 12.6. The minimum absolute atomic E-state index is 0.0889. The fraction of sp³-hybridized carbons (Fsp3) is 0.235. The van der Waals surface area contributed by atoms with E-state index in [1.807, 2.05) is 0 Å². The molecule has 1 aromatic carbocycles. The number of carbonyl (C=O) groups excluding carboxylic acids is 3. The van der Waals surface area contributed by atoms with Crippen molar-refractivity contribution in [1.82, 2.24) is 0 Å². The first-order valence-corrected chi connectivity index (χ1v) is 7.26. The molecule has 118 valence electrons. The molecule has 1 aliphatic rings. The molecule has 1 aromatic heterocycles. The number of ether oxygens (including phenoxy) is 1. The Morgan fingerprint density at radius 2 is 2.13 bits per heavy atom. The zero-order valence-electron chi connectivity index (χ0n) is 12.3. The van der Waals surface area contributed by atoms with Gasteiger partial charge >= 0.3 is 5.97 Å². The van der Waals surface area contributed by atoms with E-state index in [0.717, 1.165) is 11.3 Å². The largest absolute Gasteiger partial charge is 0.469 e. The maximum Gasteiger partial charge on any atom is 0.306 e. The second-order valence-electron chi connectivity index (χ2n) is 5.26. The lowest BCUT2D eigenvalue weighted by atomic mass is 10.1. The summed E-state index contributed by atoms with van der Waals surface area (Å²) in [5.41, 5.74) is 1.94. The van der Waals surface area contributed by atoms with Crippen molar-refractivity contribution in [3.05, 3.63) is 53.5 Å². The number of Topliss-reactive ketones (excluding diaryl/α,β-unsaturated/α-hetero) is 1. The summed E-state index contributed by atoms with van der Waals surface area (Å²) in [4.78, 5) is 35.0. The van der Waals surface area contributed by atoms with E-state index in [9.17, 15) is 14.4 Å². The van der Waals surface area contributed by atoms with Crippen LogP contribution in [-0.4, -0.2) is 24.3 Å². The van der Waals surface area contributed by atoms with Gasteiger partial charge in [0.1, 0.15) is 5.76 Å². The van der Waals surface area contributed by atoms with Gasteiger partial charge in [0.05, 0.1) is 19.1 Å². The zero-order valence-corrected chi connectivity index (χ0v) is 12.3. The number of carbonyl (C=O) groups is 3. The number of esters is 1. The molecule has 0 saturated heterocycles. The van der Waals surface area contributed by atoms with Crippen molar-refractivity contribution in [3.63, 3.8) is 0 Å². The lowest BCUT2D eigenvalue weighted by Crippen LogP contribution is -2.14. The maximum atomic E-state index is 12.1. The van der Waals surface area contributed by atoms with E-state index in [1.54, 1.807) is 30.3 Å². The lowest BCUT2D eigenvalue weighted by molar-refractivity contribution is -0.142. The molecule has 0 atom stereocenters. The van der Waals surface area contributed by atoms with Crippen LogP contribution >= 0.6 is 0 Å². The van der Waals surface area contributed by atoms with Gasteiger partial charge in [-0.25, -0.2) is 0 Å². The minimum Gasteiger partial charge on any atom is -0.469 e. The second-order valence-corrected chi connectivity index (χ2v) is 5.26. The average Bonchev–Trinajstić information content (AvgIpc) is 3.17. The van der Waals surface area contributed by atoms with Gasteiger partial charge in [-0.05, 0) is 35.9 Å². The average molecular weight is 313 g/mol. The van der Waals surface area contributed by atoms with Gasteiger partial charge in [-0.1, -0.05) is 0 Å². The number of fused-ring (bicyclic) bond motifs is 1. The molecule has 2 aromatic rings. The number of benzene rings is 1. The van der Waals surface area contributed by atoms with E-state index in [-0.39, 0.29) is 31.1 Å². The number of aryl methyl sites for hydroxylation is 1. The van der Waals surface area contributed by atoms with Crippen molar-refractivity contribution in [2.24, 2.45) is 0 Å². The third-order valence-electron chi connectivity index (χ3n) is 3.57. The van der Waals surface area contributed by atoms with Gasteiger partial charge in [-0.15, -0.1) is 0 Å². The van der Waals surface area contributed by atoms with Crippen LogP contribution in [0.3, 0.4) is 0 Å². The van der Waals surface area contributed by atoms with Crippen LogP contribution in [0.25, 0.3) is 0 Å². The Morgan fingerprint density at radius 3 is 2.91 bits per heavy atom. The molecule has 0 unspecified atom stereocenters. The number of nitrogens with one attached hydrogen (secondary N) is 1. The smallest absolute Gasteiger partial charge is 0.306 e. The summed E-state index contributed by atoms with van der Waals surface area (Å²) in [5, 5.41) is 2.70. The Kier molecular flexibility index (Phi) is 4.23. The molecule has 1 aliphatic heterocycles.